The zero-order chi connectivity index (χ0) is 14.8. The molecule has 0 aliphatic heterocycles. The van der Waals surface area contributed by atoms with Crippen LogP contribution in [0, 0.1) is 28.5 Å². The van der Waals surface area contributed by atoms with Crippen LogP contribution in [0.25, 0.3) is 10.9 Å². The van der Waals surface area contributed by atoms with Gasteiger partial charge in [-0.2, -0.15) is 10.5 Å². The van der Waals surface area contributed by atoms with E-state index in [1.807, 2.05) is 29.0 Å². The summed E-state index contributed by atoms with van der Waals surface area (Å²) in [7, 11) is 0. The molecular weight excluding hydrogens is 265 g/mol. The van der Waals surface area contributed by atoms with Crippen molar-refractivity contribution >= 4 is 10.9 Å². The Hall–Kier alpha value is -3.11. The molecule has 0 saturated carbocycles. The lowest BCUT2D eigenvalue weighted by atomic mass is 10.1. The molecule has 1 heterocycles. The van der Waals surface area contributed by atoms with Gasteiger partial charge in [-0.1, -0.05) is 6.07 Å². The fourth-order valence-electron chi connectivity index (χ4n) is 2.39. The van der Waals surface area contributed by atoms with E-state index >= 15 is 0 Å². The molecule has 0 spiro atoms. The minimum absolute atomic E-state index is 0.305. The summed E-state index contributed by atoms with van der Waals surface area (Å²) in [5.41, 5.74) is 2.52. The molecule has 0 unspecified atom stereocenters. The summed E-state index contributed by atoms with van der Waals surface area (Å²) in [6, 6.07) is 15.8. The lowest BCUT2D eigenvalue weighted by molar-refractivity contribution is 0.623. The highest BCUT2D eigenvalue weighted by Crippen LogP contribution is 2.19. The number of fused-ring (bicyclic) bond motifs is 1. The van der Waals surface area contributed by atoms with Gasteiger partial charge in [0.05, 0.1) is 23.3 Å². The molecule has 0 radical (unpaired) electrons. The maximum absolute atomic E-state index is 13.5. The second-order valence-electron chi connectivity index (χ2n) is 4.79. The molecule has 0 N–H and O–H groups in total. The van der Waals surface area contributed by atoms with Crippen LogP contribution in [-0.4, -0.2) is 4.57 Å². The van der Waals surface area contributed by atoms with Crippen molar-refractivity contribution in [3.63, 3.8) is 0 Å². The number of nitrogens with zero attached hydrogens (tertiary/aromatic N) is 3. The largest absolute Gasteiger partial charge is 0.343 e. The van der Waals surface area contributed by atoms with Crippen LogP contribution >= 0.6 is 0 Å². The van der Waals surface area contributed by atoms with E-state index in [1.165, 1.54) is 12.1 Å². The van der Waals surface area contributed by atoms with E-state index in [0.29, 0.717) is 23.2 Å². The molecule has 100 valence electrons. The second kappa shape index (κ2) is 5.11. The lowest BCUT2D eigenvalue weighted by Gasteiger charge is -2.07. The molecule has 0 aliphatic carbocycles. The molecule has 3 rings (SSSR count). The van der Waals surface area contributed by atoms with Gasteiger partial charge in [-0.25, -0.2) is 4.39 Å². The van der Waals surface area contributed by atoms with Crippen molar-refractivity contribution in [2.75, 3.05) is 0 Å². The van der Waals surface area contributed by atoms with E-state index in [2.05, 4.69) is 6.07 Å². The van der Waals surface area contributed by atoms with E-state index in [4.69, 9.17) is 10.5 Å². The first-order valence-corrected chi connectivity index (χ1v) is 6.38. The van der Waals surface area contributed by atoms with Crippen LogP contribution in [0.5, 0.6) is 0 Å². The Kier molecular flexibility index (Phi) is 3.14. The molecule has 0 saturated heterocycles. The first kappa shape index (κ1) is 12.9. The van der Waals surface area contributed by atoms with Crippen LogP contribution < -0.4 is 0 Å². The van der Waals surface area contributed by atoms with Gasteiger partial charge in [0, 0.05) is 18.3 Å². The monoisotopic (exact) mass is 275 g/mol. The third-order valence-electron chi connectivity index (χ3n) is 3.34. The molecule has 2 aromatic carbocycles. The van der Waals surface area contributed by atoms with Gasteiger partial charge in [0.1, 0.15) is 5.82 Å². The van der Waals surface area contributed by atoms with Crippen LogP contribution in [0.2, 0.25) is 0 Å². The number of hydrogen-bond donors (Lipinski definition) is 0. The summed E-state index contributed by atoms with van der Waals surface area (Å²) in [6.45, 7) is 0.449. The molecule has 21 heavy (non-hydrogen) atoms. The molecule has 0 amide bonds. The van der Waals surface area contributed by atoms with E-state index < -0.39 is 5.82 Å². The Morgan fingerprint density at radius 2 is 1.76 bits per heavy atom. The highest BCUT2D eigenvalue weighted by atomic mass is 19.1. The molecule has 3 aromatic rings. The van der Waals surface area contributed by atoms with Gasteiger partial charge in [-0.3, -0.25) is 0 Å². The zero-order valence-electron chi connectivity index (χ0n) is 11.0. The summed E-state index contributed by atoms with van der Waals surface area (Å²) in [5.74, 6) is -0.418. The van der Waals surface area contributed by atoms with E-state index in [1.54, 1.807) is 18.2 Å². The number of benzene rings is 2. The van der Waals surface area contributed by atoms with Gasteiger partial charge in [0.2, 0.25) is 0 Å². The number of hydrogen-bond acceptors (Lipinski definition) is 2. The van der Waals surface area contributed by atoms with Gasteiger partial charge in [-0.15, -0.1) is 0 Å². The van der Waals surface area contributed by atoms with Crippen molar-refractivity contribution in [2.45, 2.75) is 6.54 Å². The van der Waals surface area contributed by atoms with Gasteiger partial charge < -0.3 is 4.57 Å². The fourth-order valence-corrected chi connectivity index (χ4v) is 2.39. The standard InChI is InChI=1S/C17H10FN3/c18-16-6-13(10-20)5-14(7-16)11-21-4-3-15-2-1-12(9-19)8-17(15)21/h1-8H,11H2. The Bertz CT molecular complexity index is 910. The van der Waals surface area contributed by atoms with Crippen LogP contribution in [0.4, 0.5) is 4.39 Å². The Morgan fingerprint density at radius 3 is 2.52 bits per heavy atom. The minimum Gasteiger partial charge on any atom is -0.343 e. The summed E-state index contributed by atoms with van der Waals surface area (Å²) in [4.78, 5) is 0. The van der Waals surface area contributed by atoms with Crippen LogP contribution in [0.1, 0.15) is 16.7 Å². The average molecular weight is 275 g/mol. The molecule has 0 bridgehead atoms. The topological polar surface area (TPSA) is 52.5 Å². The van der Waals surface area contributed by atoms with Gasteiger partial charge >= 0.3 is 0 Å². The van der Waals surface area contributed by atoms with E-state index in [9.17, 15) is 4.39 Å². The fraction of sp³-hybridized carbons (Fsp3) is 0.0588. The van der Waals surface area contributed by atoms with Crippen molar-refractivity contribution in [2.24, 2.45) is 0 Å². The molecule has 3 nitrogen and oxygen atoms in total. The van der Waals surface area contributed by atoms with Crippen molar-refractivity contribution in [3.05, 3.63) is 71.2 Å². The minimum atomic E-state index is -0.418. The van der Waals surface area contributed by atoms with E-state index in [0.717, 1.165) is 10.9 Å². The Labute approximate surface area is 121 Å². The Morgan fingerprint density at radius 1 is 0.952 bits per heavy atom. The maximum Gasteiger partial charge on any atom is 0.124 e. The average Bonchev–Trinajstić information content (AvgIpc) is 2.88. The summed E-state index contributed by atoms with van der Waals surface area (Å²) in [5, 5.41) is 18.9. The van der Waals surface area contributed by atoms with Gasteiger partial charge in [0.15, 0.2) is 0 Å². The predicted molar refractivity (Wildman–Crippen MR) is 76.9 cm³/mol. The van der Waals surface area contributed by atoms with Crippen molar-refractivity contribution in [1.29, 1.82) is 10.5 Å². The summed E-state index contributed by atoms with van der Waals surface area (Å²) in [6.07, 6.45) is 1.89. The smallest absolute Gasteiger partial charge is 0.124 e. The Balaban J connectivity index is 2.04. The summed E-state index contributed by atoms with van der Waals surface area (Å²) >= 11 is 0. The summed E-state index contributed by atoms with van der Waals surface area (Å²) < 4.78 is 15.4. The first-order valence-electron chi connectivity index (χ1n) is 6.38. The number of aromatic nitrogens is 1. The third kappa shape index (κ3) is 2.48. The maximum atomic E-state index is 13.5. The number of nitriles is 2. The molecule has 1 aromatic heterocycles. The predicted octanol–water partition coefficient (Wildman–Crippen LogP) is 3.57. The number of halogens is 1. The van der Waals surface area contributed by atoms with Crippen molar-refractivity contribution < 1.29 is 4.39 Å². The highest BCUT2D eigenvalue weighted by molar-refractivity contribution is 5.81. The molecular formula is C17H10FN3. The second-order valence-corrected chi connectivity index (χ2v) is 4.79. The third-order valence-corrected chi connectivity index (χ3v) is 3.34. The first-order chi connectivity index (χ1) is 10.2. The SMILES string of the molecule is N#Cc1cc(F)cc(Cn2ccc3ccc(C#N)cc32)c1. The normalized spacial score (nSPS) is 10.2. The van der Waals surface area contributed by atoms with Crippen molar-refractivity contribution in [1.82, 2.24) is 4.57 Å². The lowest BCUT2D eigenvalue weighted by Crippen LogP contribution is -1.99. The quantitative estimate of drug-likeness (QED) is 0.717. The van der Waals surface area contributed by atoms with Crippen LogP contribution in [-0.2, 0) is 6.54 Å². The number of rotatable bonds is 2. The highest BCUT2D eigenvalue weighted by Gasteiger charge is 2.05. The van der Waals surface area contributed by atoms with Gasteiger partial charge in [-0.05, 0) is 47.3 Å². The van der Waals surface area contributed by atoms with Gasteiger partial charge in [0.25, 0.3) is 0 Å². The molecule has 0 atom stereocenters. The van der Waals surface area contributed by atoms with Crippen LogP contribution in [0.3, 0.4) is 0 Å². The molecule has 0 fully saturated rings. The molecule has 0 aliphatic rings. The van der Waals surface area contributed by atoms with Crippen LogP contribution in [0.15, 0.2) is 48.7 Å². The molecule has 4 heteroatoms. The zero-order valence-corrected chi connectivity index (χ0v) is 11.0. The van der Waals surface area contributed by atoms with E-state index in [-0.39, 0.29) is 0 Å². The van der Waals surface area contributed by atoms with Crippen molar-refractivity contribution in [3.8, 4) is 12.1 Å².